The Morgan fingerprint density at radius 3 is 2.56 bits per heavy atom. The average Bonchev–Trinajstić information content (AvgIpc) is 2.28. The molecule has 0 heterocycles. The van der Waals surface area contributed by atoms with Crippen LogP contribution in [0.2, 0.25) is 0 Å². The molecular weight excluding hydrogens is 292 g/mol. The van der Waals surface area contributed by atoms with Gasteiger partial charge in [-0.2, -0.15) is 0 Å². The highest BCUT2D eigenvalue weighted by atomic mass is 79.9. The molecule has 0 amide bonds. The molecule has 2 rings (SSSR count). The van der Waals surface area contributed by atoms with Crippen LogP contribution in [0.5, 0.6) is 0 Å². The quantitative estimate of drug-likeness (QED) is 0.744. The summed E-state index contributed by atoms with van der Waals surface area (Å²) in [7, 11) is 0. The standard InChI is InChI=1S/C15H19BrO2/c1-11-6-7-12(13(16)10-11)14(17)18-15(2)8-4-3-5-9-15/h6-7,10H,3-5,8-9H2,1-2H3. The minimum Gasteiger partial charge on any atom is -0.456 e. The molecule has 0 spiro atoms. The fourth-order valence-electron chi connectivity index (χ4n) is 2.47. The van der Waals surface area contributed by atoms with E-state index >= 15 is 0 Å². The van der Waals surface area contributed by atoms with Crippen molar-refractivity contribution < 1.29 is 9.53 Å². The lowest BCUT2D eigenvalue weighted by Crippen LogP contribution is -2.34. The van der Waals surface area contributed by atoms with E-state index in [0.29, 0.717) is 5.56 Å². The van der Waals surface area contributed by atoms with Gasteiger partial charge in [-0.25, -0.2) is 4.79 Å². The van der Waals surface area contributed by atoms with Crippen LogP contribution in [0.4, 0.5) is 0 Å². The van der Waals surface area contributed by atoms with E-state index in [4.69, 9.17) is 4.74 Å². The monoisotopic (exact) mass is 310 g/mol. The van der Waals surface area contributed by atoms with Gasteiger partial charge in [0.15, 0.2) is 0 Å². The molecule has 2 nitrogen and oxygen atoms in total. The van der Waals surface area contributed by atoms with Crippen LogP contribution in [0.3, 0.4) is 0 Å². The highest BCUT2D eigenvalue weighted by molar-refractivity contribution is 9.10. The molecule has 0 saturated heterocycles. The maximum Gasteiger partial charge on any atom is 0.339 e. The van der Waals surface area contributed by atoms with Crippen LogP contribution >= 0.6 is 15.9 Å². The molecule has 3 heteroatoms. The lowest BCUT2D eigenvalue weighted by atomic mass is 9.86. The zero-order valence-electron chi connectivity index (χ0n) is 11.0. The minimum absolute atomic E-state index is 0.216. The summed E-state index contributed by atoms with van der Waals surface area (Å²) in [6, 6.07) is 5.71. The molecule has 0 aromatic heterocycles. The van der Waals surface area contributed by atoms with Crippen molar-refractivity contribution in [3.8, 4) is 0 Å². The van der Waals surface area contributed by atoms with Crippen molar-refractivity contribution in [1.29, 1.82) is 0 Å². The Kier molecular flexibility index (Phi) is 4.10. The van der Waals surface area contributed by atoms with Crippen molar-refractivity contribution >= 4 is 21.9 Å². The number of halogens is 1. The van der Waals surface area contributed by atoms with E-state index in [1.807, 2.05) is 32.0 Å². The Morgan fingerprint density at radius 2 is 1.94 bits per heavy atom. The number of carbonyl (C=O) groups excluding carboxylic acids is 1. The Labute approximate surface area is 117 Å². The van der Waals surface area contributed by atoms with Gasteiger partial charge in [0.05, 0.1) is 5.56 Å². The molecule has 0 radical (unpaired) electrons. The van der Waals surface area contributed by atoms with Gasteiger partial charge in [0.2, 0.25) is 0 Å². The zero-order chi connectivity index (χ0) is 13.2. The van der Waals surface area contributed by atoms with Crippen molar-refractivity contribution in [3.05, 3.63) is 33.8 Å². The molecule has 1 fully saturated rings. The summed E-state index contributed by atoms with van der Waals surface area (Å²) in [5.41, 5.74) is 1.47. The third kappa shape index (κ3) is 3.14. The van der Waals surface area contributed by atoms with E-state index in [1.165, 1.54) is 6.42 Å². The van der Waals surface area contributed by atoms with E-state index in [0.717, 1.165) is 35.7 Å². The van der Waals surface area contributed by atoms with E-state index in [1.54, 1.807) is 0 Å². The first-order valence-electron chi connectivity index (χ1n) is 6.50. The van der Waals surface area contributed by atoms with Gasteiger partial charge in [-0.1, -0.05) is 12.5 Å². The molecule has 98 valence electrons. The maximum atomic E-state index is 12.2. The SMILES string of the molecule is Cc1ccc(C(=O)OC2(C)CCCCC2)c(Br)c1. The minimum atomic E-state index is -0.278. The largest absolute Gasteiger partial charge is 0.456 e. The third-order valence-electron chi connectivity index (χ3n) is 3.59. The molecule has 18 heavy (non-hydrogen) atoms. The molecule has 0 bridgehead atoms. The predicted molar refractivity (Wildman–Crippen MR) is 75.8 cm³/mol. The van der Waals surface area contributed by atoms with Crippen LogP contribution in [0, 0.1) is 6.92 Å². The van der Waals surface area contributed by atoms with Crippen LogP contribution < -0.4 is 0 Å². The van der Waals surface area contributed by atoms with Gasteiger partial charge in [-0.3, -0.25) is 0 Å². The normalized spacial score (nSPS) is 18.4. The van der Waals surface area contributed by atoms with Crippen molar-refractivity contribution in [3.63, 3.8) is 0 Å². The van der Waals surface area contributed by atoms with Gasteiger partial charge in [-0.15, -0.1) is 0 Å². The summed E-state index contributed by atoms with van der Waals surface area (Å²) in [5, 5.41) is 0. The zero-order valence-corrected chi connectivity index (χ0v) is 12.5. The Morgan fingerprint density at radius 1 is 1.28 bits per heavy atom. The fourth-order valence-corrected chi connectivity index (χ4v) is 3.12. The van der Waals surface area contributed by atoms with Gasteiger partial charge in [0.25, 0.3) is 0 Å². The van der Waals surface area contributed by atoms with Gasteiger partial charge >= 0.3 is 5.97 Å². The van der Waals surface area contributed by atoms with Crippen molar-refractivity contribution in [2.75, 3.05) is 0 Å². The molecular formula is C15H19BrO2. The Balaban J connectivity index is 2.11. The summed E-state index contributed by atoms with van der Waals surface area (Å²) in [6.45, 7) is 4.05. The van der Waals surface area contributed by atoms with Gasteiger partial charge < -0.3 is 4.74 Å². The van der Waals surface area contributed by atoms with Crippen LogP contribution in [-0.4, -0.2) is 11.6 Å². The molecule has 0 N–H and O–H groups in total. The number of hydrogen-bond acceptors (Lipinski definition) is 2. The Hall–Kier alpha value is -0.830. The maximum absolute atomic E-state index is 12.2. The molecule has 1 aliphatic carbocycles. The lowest BCUT2D eigenvalue weighted by Gasteiger charge is -2.33. The van der Waals surface area contributed by atoms with Crippen molar-refractivity contribution in [2.45, 2.75) is 51.6 Å². The van der Waals surface area contributed by atoms with E-state index in [-0.39, 0.29) is 11.6 Å². The average molecular weight is 311 g/mol. The van der Waals surface area contributed by atoms with Crippen LogP contribution in [0.15, 0.2) is 22.7 Å². The van der Waals surface area contributed by atoms with Crippen LogP contribution in [0.1, 0.15) is 54.9 Å². The summed E-state index contributed by atoms with van der Waals surface area (Å²) >= 11 is 3.43. The third-order valence-corrected chi connectivity index (χ3v) is 4.25. The predicted octanol–water partition coefficient (Wildman–Crippen LogP) is 4.64. The number of ether oxygens (including phenoxy) is 1. The second kappa shape index (κ2) is 5.43. The summed E-state index contributed by atoms with van der Waals surface area (Å²) in [4.78, 5) is 12.2. The molecule has 0 unspecified atom stereocenters. The Bertz CT molecular complexity index is 448. The number of rotatable bonds is 2. The molecule has 1 aromatic carbocycles. The van der Waals surface area contributed by atoms with Crippen LogP contribution in [0.25, 0.3) is 0 Å². The highest BCUT2D eigenvalue weighted by Gasteiger charge is 2.31. The second-order valence-corrected chi connectivity index (χ2v) is 6.24. The van der Waals surface area contributed by atoms with Gasteiger partial charge in [-0.05, 0) is 73.2 Å². The van der Waals surface area contributed by atoms with E-state index < -0.39 is 0 Å². The van der Waals surface area contributed by atoms with Gasteiger partial charge in [0.1, 0.15) is 5.60 Å². The number of carbonyl (C=O) groups is 1. The smallest absolute Gasteiger partial charge is 0.339 e. The number of esters is 1. The topological polar surface area (TPSA) is 26.3 Å². The first-order valence-corrected chi connectivity index (χ1v) is 7.29. The summed E-state index contributed by atoms with van der Waals surface area (Å²) in [6.07, 6.45) is 5.50. The second-order valence-electron chi connectivity index (χ2n) is 5.38. The van der Waals surface area contributed by atoms with Crippen LogP contribution in [-0.2, 0) is 4.74 Å². The van der Waals surface area contributed by atoms with Crippen molar-refractivity contribution in [1.82, 2.24) is 0 Å². The summed E-state index contributed by atoms with van der Waals surface area (Å²) < 4.78 is 6.53. The van der Waals surface area contributed by atoms with Crippen molar-refractivity contribution in [2.24, 2.45) is 0 Å². The number of benzene rings is 1. The number of aryl methyl sites for hydroxylation is 1. The highest BCUT2D eigenvalue weighted by Crippen LogP contribution is 2.32. The van der Waals surface area contributed by atoms with Gasteiger partial charge in [0, 0.05) is 4.47 Å². The molecule has 1 aliphatic rings. The number of hydrogen-bond donors (Lipinski definition) is 0. The molecule has 1 saturated carbocycles. The summed E-state index contributed by atoms with van der Waals surface area (Å²) in [5.74, 6) is -0.216. The fraction of sp³-hybridized carbons (Fsp3) is 0.533. The first-order chi connectivity index (χ1) is 8.50. The molecule has 0 atom stereocenters. The first kappa shape index (κ1) is 13.6. The molecule has 1 aromatic rings. The molecule has 0 aliphatic heterocycles. The lowest BCUT2D eigenvalue weighted by molar-refractivity contribution is -0.0270. The van der Waals surface area contributed by atoms with E-state index in [2.05, 4.69) is 15.9 Å². The van der Waals surface area contributed by atoms with E-state index in [9.17, 15) is 4.79 Å².